The van der Waals surface area contributed by atoms with Crippen molar-refractivity contribution in [3.05, 3.63) is 64.8 Å². The Morgan fingerprint density at radius 3 is 2.74 bits per heavy atom. The molecular weight excluding hydrogens is 382 g/mol. The van der Waals surface area contributed by atoms with Gasteiger partial charge in [-0.2, -0.15) is 0 Å². The Morgan fingerprint density at radius 2 is 1.96 bits per heavy atom. The van der Waals surface area contributed by atoms with E-state index in [1.807, 2.05) is 42.5 Å². The second-order valence-electron chi connectivity index (χ2n) is 6.01. The number of aromatic amines is 1. The molecule has 0 aliphatic rings. The molecule has 0 aliphatic heterocycles. The predicted octanol–water partition coefficient (Wildman–Crippen LogP) is 5.29. The standard InChI is InChI=1S/C21H20ClNO3S/c1-2-14-6-5-7-15-16(12-23-21(14)15)18(24)13-26-20(25)10-11-27-19-9-4-3-8-17(19)22/h3-9,12,23H,2,10-11,13H2,1H3. The van der Waals surface area contributed by atoms with Crippen LogP contribution >= 0.6 is 23.4 Å². The number of carbonyl (C=O) groups is 2. The number of Topliss-reactive ketones (excluding diaryl/α,β-unsaturated/α-hetero) is 1. The highest BCUT2D eigenvalue weighted by Crippen LogP contribution is 2.27. The molecule has 0 amide bonds. The molecule has 0 saturated carbocycles. The third kappa shape index (κ3) is 4.73. The molecule has 0 bridgehead atoms. The smallest absolute Gasteiger partial charge is 0.307 e. The Hall–Kier alpha value is -2.24. The molecule has 2 aromatic carbocycles. The van der Waals surface area contributed by atoms with Gasteiger partial charge in [-0.3, -0.25) is 9.59 Å². The monoisotopic (exact) mass is 401 g/mol. The Morgan fingerprint density at radius 1 is 1.15 bits per heavy atom. The lowest BCUT2D eigenvalue weighted by Gasteiger charge is -2.05. The first kappa shape index (κ1) is 19.5. The molecule has 3 aromatic rings. The first-order chi connectivity index (χ1) is 13.1. The molecule has 1 N–H and O–H groups in total. The zero-order chi connectivity index (χ0) is 19.2. The van der Waals surface area contributed by atoms with Crippen LogP contribution in [-0.2, 0) is 16.0 Å². The number of carbonyl (C=O) groups excluding carboxylic acids is 2. The minimum Gasteiger partial charge on any atom is -0.457 e. The summed E-state index contributed by atoms with van der Waals surface area (Å²) in [6.07, 6.45) is 2.79. The van der Waals surface area contributed by atoms with Crippen LogP contribution in [0.25, 0.3) is 10.9 Å². The van der Waals surface area contributed by atoms with E-state index in [1.54, 1.807) is 6.20 Å². The van der Waals surface area contributed by atoms with E-state index in [4.69, 9.17) is 16.3 Å². The molecule has 1 aromatic heterocycles. The van der Waals surface area contributed by atoms with Crippen LogP contribution in [0.4, 0.5) is 0 Å². The van der Waals surface area contributed by atoms with Gasteiger partial charge < -0.3 is 9.72 Å². The molecule has 0 radical (unpaired) electrons. The highest BCUT2D eigenvalue weighted by molar-refractivity contribution is 7.99. The van der Waals surface area contributed by atoms with E-state index in [0.717, 1.165) is 27.8 Å². The molecule has 140 valence electrons. The van der Waals surface area contributed by atoms with Gasteiger partial charge in [0.1, 0.15) is 0 Å². The molecule has 4 nitrogen and oxygen atoms in total. The molecular formula is C21H20ClNO3S. The third-order valence-corrected chi connectivity index (χ3v) is 5.76. The number of fused-ring (bicyclic) bond motifs is 1. The fourth-order valence-corrected chi connectivity index (χ4v) is 4.01. The van der Waals surface area contributed by atoms with Crippen molar-refractivity contribution in [3.63, 3.8) is 0 Å². The Balaban J connectivity index is 1.52. The van der Waals surface area contributed by atoms with Crippen LogP contribution in [0.15, 0.2) is 53.6 Å². The van der Waals surface area contributed by atoms with Gasteiger partial charge in [-0.25, -0.2) is 0 Å². The topological polar surface area (TPSA) is 59.2 Å². The van der Waals surface area contributed by atoms with Crippen molar-refractivity contribution in [2.24, 2.45) is 0 Å². The summed E-state index contributed by atoms with van der Waals surface area (Å²) in [5.41, 5.74) is 2.67. The summed E-state index contributed by atoms with van der Waals surface area (Å²) in [7, 11) is 0. The third-order valence-electron chi connectivity index (χ3n) is 4.25. The number of ketones is 1. The number of esters is 1. The zero-order valence-electron chi connectivity index (χ0n) is 15.0. The number of halogens is 1. The fourth-order valence-electron chi connectivity index (χ4n) is 2.84. The van der Waals surface area contributed by atoms with Crippen molar-refractivity contribution in [2.45, 2.75) is 24.7 Å². The van der Waals surface area contributed by atoms with Gasteiger partial charge in [0, 0.05) is 33.3 Å². The van der Waals surface area contributed by atoms with Gasteiger partial charge in [-0.05, 0) is 24.1 Å². The number of rotatable bonds is 8. The number of ether oxygens (including phenoxy) is 1. The molecule has 1 heterocycles. The van der Waals surface area contributed by atoms with Gasteiger partial charge in [0.15, 0.2) is 6.61 Å². The van der Waals surface area contributed by atoms with Crippen molar-refractivity contribution in [1.82, 2.24) is 4.98 Å². The largest absolute Gasteiger partial charge is 0.457 e. The summed E-state index contributed by atoms with van der Waals surface area (Å²) >= 11 is 7.57. The number of hydrogen-bond acceptors (Lipinski definition) is 4. The lowest BCUT2D eigenvalue weighted by Crippen LogP contribution is -2.14. The maximum atomic E-state index is 12.4. The average molecular weight is 402 g/mol. The Kier molecular flexibility index (Phi) is 6.58. The van der Waals surface area contributed by atoms with Gasteiger partial charge in [0.2, 0.25) is 5.78 Å². The molecule has 3 rings (SSSR count). The number of nitrogens with one attached hydrogen (secondary N) is 1. The highest BCUT2D eigenvalue weighted by atomic mass is 35.5. The van der Waals surface area contributed by atoms with Gasteiger partial charge in [0.25, 0.3) is 0 Å². The van der Waals surface area contributed by atoms with E-state index in [0.29, 0.717) is 16.3 Å². The summed E-state index contributed by atoms with van der Waals surface area (Å²) in [6.45, 7) is 1.82. The molecule has 6 heteroatoms. The summed E-state index contributed by atoms with van der Waals surface area (Å²) in [5.74, 6) is -0.0532. The number of aromatic nitrogens is 1. The zero-order valence-corrected chi connectivity index (χ0v) is 16.5. The number of aryl methyl sites for hydroxylation is 1. The normalized spacial score (nSPS) is 10.9. The second kappa shape index (κ2) is 9.11. The molecule has 0 unspecified atom stereocenters. The summed E-state index contributed by atoms with van der Waals surface area (Å²) in [4.78, 5) is 28.5. The number of thioether (sulfide) groups is 1. The number of hydrogen-bond donors (Lipinski definition) is 1. The van der Waals surface area contributed by atoms with E-state index in [1.165, 1.54) is 11.8 Å². The predicted molar refractivity (Wildman–Crippen MR) is 110 cm³/mol. The van der Waals surface area contributed by atoms with Crippen LogP contribution in [0.2, 0.25) is 5.02 Å². The molecule has 0 aliphatic carbocycles. The quantitative estimate of drug-likeness (QED) is 0.316. The SMILES string of the molecule is CCc1cccc2c(C(=O)COC(=O)CCSc3ccccc3Cl)c[nH]c12. The average Bonchev–Trinajstić information content (AvgIpc) is 3.12. The van der Waals surface area contributed by atoms with Gasteiger partial charge in [0.05, 0.1) is 11.4 Å². The van der Waals surface area contributed by atoms with Crippen molar-refractivity contribution < 1.29 is 14.3 Å². The maximum Gasteiger partial charge on any atom is 0.307 e. The maximum absolute atomic E-state index is 12.4. The van der Waals surface area contributed by atoms with Crippen LogP contribution in [-0.4, -0.2) is 29.1 Å². The molecule has 0 saturated heterocycles. The first-order valence-electron chi connectivity index (χ1n) is 8.75. The Bertz CT molecular complexity index is 967. The number of para-hydroxylation sites is 1. The Labute approximate surface area is 167 Å². The van der Waals surface area contributed by atoms with Crippen molar-refractivity contribution in [1.29, 1.82) is 0 Å². The van der Waals surface area contributed by atoms with Gasteiger partial charge in [-0.15, -0.1) is 11.8 Å². The fraction of sp³-hybridized carbons (Fsp3) is 0.238. The second-order valence-corrected chi connectivity index (χ2v) is 7.55. The van der Waals surface area contributed by atoms with Crippen molar-refractivity contribution >= 4 is 46.0 Å². The van der Waals surface area contributed by atoms with Gasteiger partial charge in [-0.1, -0.05) is 48.9 Å². The van der Waals surface area contributed by atoms with E-state index < -0.39 is 5.97 Å². The number of benzene rings is 2. The number of H-pyrrole nitrogens is 1. The van der Waals surface area contributed by atoms with Crippen molar-refractivity contribution in [2.75, 3.05) is 12.4 Å². The highest BCUT2D eigenvalue weighted by Gasteiger charge is 2.15. The van der Waals surface area contributed by atoms with E-state index in [-0.39, 0.29) is 18.8 Å². The van der Waals surface area contributed by atoms with Crippen LogP contribution in [0.1, 0.15) is 29.3 Å². The molecule has 27 heavy (non-hydrogen) atoms. The van der Waals surface area contributed by atoms with Crippen LogP contribution in [0.5, 0.6) is 0 Å². The van der Waals surface area contributed by atoms with E-state index in [9.17, 15) is 9.59 Å². The first-order valence-corrected chi connectivity index (χ1v) is 10.1. The summed E-state index contributed by atoms with van der Waals surface area (Å²) < 4.78 is 5.15. The molecule has 0 fully saturated rings. The minimum atomic E-state index is -0.392. The molecule has 0 atom stereocenters. The van der Waals surface area contributed by atoms with Crippen LogP contribution in [0, 0.1) is 0 Å². The minimum absolute atomic E-state index is 0.207. The van der Waals surface area contributed by atoms with Gasteiger partial charge >= 0.3 is 5.97 Å². The van der Waals surface area contributed by atoms with E-state index >= 15 is 0 Å². The molecule has 0 spiro atoms. The summed E-state index contributed by atoms with van der Waals surface area (Å²) in [6, 6.07) is 13.3. The lowest BCUT2D eigenvalue weighted by molar-refractivity contribution is -0.141. The van der Waals surface area contributed by atoms with Crippen molar-refractivity contribution in [3.8, 4) is 0 Å². The van der Waals surface area contributed by atoms with Crippen LogP contribution < -0.4 is 0 Å². The van der Waals surface area contributed by atoms with Crippen LogP contribution in [0.3, 0.4) is 0 Å². The lowest BCUT2D eigenvalue weighted by atomic mass is 10.1. The van der Waals surface area contributed by atoms with E-state index in [2.05, 4.69) is 11.9 Å². The summed E-state index contributed by atoms with van der Waals surface area (Å²) in [5, 5.41) is 1.53.